The SMILES string of the molecule is CCCn1c(C)cnc1C1CCN(C(=O)NCCCOC)C1. The molecule has 1 N–H and O–H groups in total. The van der Waals surface area contributed by atoms with E-state index < -0.39 is 0 Å². The molecule has 2 heterocycles. The number of nitrogens with one attached hydrogen (secondary N) is 1. The van der Waals surface area contributed by atoms with Crippen LogP contribution in [-0.2, 0) is 11.3 Å². The summed E-state index contributed by atoms with van der Waals surface area (Å²) in [5, 5.41) is 2.96. The summed E-state index contributed by atoms with van der Waals surface area (Å²) in [5.41, 5.74) is 1.21. The van der Waals surface area contributed by atoms with E-state index in [1.807, 2.05) is 11.1 Å². The van der Waals surface area contributed by atoms with Gasteiger partial charge < -0.3 is 19.5 Å². The van der Waals surface area contributed by atoms with Gasteiger partial charge in [0.2, 0.25) is 0 Å². The smallest absolute Gasteiger partial charge is 0.317 e. The van der Waals surface area contributed by atoms with Crippen LogP contribution in [0.25, 0.3) is 0 Å². The fourth-order valence-electron chi connectivity index (χ4n) is 3.00. The third kappa shape index (κ3) is 4.00. The largest absolute Gasteiger partial charge is 0.385 e. The molecule has 1 saturated heterocycles. The van der Waals surface area contributed by atoms with Crippen molar-refractivity contribution >= 4 is 6.03 Å². The van der Waals surface area contributed by atoms with Gasteiger partial charge in [-0.1, -0.05) is 6.92 Å². The molecule has 0 spiro atoms. The van der Waals surface area contributed by atoms with Gasteiger partial charge in [0.1, 0.15) is 5.82 Å². The van der Waals surface area contributed by atoms with Crippen molar-refractivity contribution in [2.24, 2.45) is 0 Å². The zero-order chi connectivity index (χ0) is 15.9. The standard InChI is InChI=1S/C16H28N4O2/c1-4-8-20-13(2)11-18-15(20)14-6-9-19(12-14)16(21)17-7-5-10-22-3/h11,14H,4-10,12H2,1-3H3,(H,17,21). The number of carbonyl (C=O) groups excluding carboxylic acids is 1. The Bertz CT molecular complexity index is 486. The molecule has 1 aliphatic heterocycles. The third-order valence-corrected chi connectivity index (χ3v) is 4.18. The van der Waals surface area contributed by atoms with Crippen LogP contribution in [-0.4, -0.2) is 53.8 Å². The van der Waals surface area contributed by atoms with Gasteiger partial charge >= 0.3 is 6.03 Å². The maximum atomic E-state index is 12.1. The van der Waals surface area contributed by atoms with Crippen molar-refractivity contribution in [1.29, 1.82) is 0 Å². The van der Waals surface area contributed by atoms with E-state index in [-0.39, 0.29) is 6.03 Å². The number of nitrogens with zero attached hydrogens (tertiary/aromatic N) is 3. The summed E-state index contributed by atoms with van der Waals surface area (Å²) in [5.74, 6) is 1.49. The second-order valence-electron chi connectivity index (χ2n) is 5.92. The molecule has 0 saturated carbocycles. The maximum absolute atomic E-state index is 12.1. The lowest BCUT2D eigenvalue weighted by Crippen LogP contribution is -2.39. The van der Waals surface area contributed by atoms with Crippen molar-refractivity contribution in [2.75, 3.05) is 33.4 Å². The fraction of sp³-hybridized carbons (Fsp3) is 0.750. The van der Waals surface area contributed by atoms with Gasteiger partial charge in [-0.05, 0) is 26.2 Å². The Morgan fingerprint density at radius 1 is 1.55 bits per heavy atom. The number of hydrogen-bond donors (Lipinski definition) is 1. The second-order valence-corrected chi connectivity index (χ2v) is 5.92. The molecule has 2 rings (SSSR count). The number of aryl methyl sites for hydroxylation is 1. The summed E-state index contributed by atoms with van der Waals surface area (Å²) in [7, 11) is 1.67. The lowest BCUT2D eigenvalue weighted by atomic mass is 10.1. The Morgan fingerprint density at radius 3 is 3.09 bits per heavy atom. The molecule has 2 amide bonds. The molecule has 0 aliphatic carbocycles. The molecule has 6 heteroatoms. The Labute approximate surface area is 132 Å². The number of likely N-dealkylation sites (tertiary alicyclic amines) is 1. The lowest BCUT2D eigenvalue weighted by molar-refractivity contribution is 0.188. The summed E-state index contributed by atoms with van der Waals surface area (Å²) in [4.78, 5) is 18.6. The Kier molecular flexibility index (Phi) is 6.24. The minimum absolute atomic E-state index is 0.0314. The van der Waals surface area contributed by atoms with Crippen LogP contribution in [0.1, 0.15) is 43.6 Å². The first-order valence-electron chi connectivity index (χ1n) is 8.21. The van der Waals surface area contributed by atoms with Gasteiger partial charge in [0.05, 0.1) is 0 Å². The highest BCUT2D eigenvalue weighted by atomic mass is 16.5. The average Bonchev–Trinajstić information content (AvgIpc) is 3.12. The second kappa shape index (κ2) is 8.17. The number of carbonyl (C=O) groups is 1. The van der Waals surface area contributed by atoms with E-state index in [1.165, 1.54) is 5.69 Å². The molecular weight excluding hydrogens is 280 g/mol. The summed E-state index contributed by atoms with van der Waals surface area (Å²) < 4.78 is 7.28. The molecule has 22 heavy (non-hydrogen) atoms. The Morgan fingerprint density at radius 2 is 2.36 bits per heavy atom. The molecule has 1 aromatic rings. The van der Waals surface area contributed by atoms with Gasteiger partial charge in [0.25, 0.3) is 0 Å². The zero-order valence-corrected chi connectivity index (χ0v) is 14.0. The molecule has 1 aliphatic rings. The van der Waals surface area contributed by atoms with Crippen molar-refractivity contribution < 1.29 is 9.53 Å². The molecule has 6 nitrogen and oxygen atoms in total. The predicted octanol–water partition coefficient (Wildman–Crippen LogP) is 2.14. The molecule has 0 radical (unpaired) electrons. The Balaban J connectivity index is 1.88. The topological polar surface area (TPSA) is 59.4 Å². The van der Waals surface area contributed by atoms with Crippen LogP contribution in [0, 0.1) is 6.92 Å². The van der Waals surface area contributed by atoms with Crippen LogP contribution < -0.4 is 5.32 Å². The van der Waals surface area contributed by atoms with E-state index in [2.05, 4.69) is 28.7 Å². The number of imidazole rings is 1. The summed E-state index contributed by atoms with van der Waals surface area (Å²) in [6.07, 6.45) is 4.88. The molecule has 124 valence electrons. The fourth-order valence-corrected chi connectivity index (χ4v) is 3.00. The van der Waals surface area contributed by atoms with Gasteiger partial charge in [-0.2, -0.15) is 0 Å². The van der Waals surface area contributed by atoms with Crippen molar-refractivity contribution in [2.45, 2.75) is 45.6 Å². The minimum atomic E-state index is 0.0314. The van der Waals surface area contributed by atoms with E-state index in [9.17, 15) is 4.79 Å². The quantitative estimate of drug-likeness (QED) is 0.785. The van der Waals surface area contributed by atoms with E-state index >= 15 is 0 Å². The maximum Gasteiger partial charge on any atom is 0.317 e. The van der Waals surface area contributed by atoms with E-state index in [4.69, 9.17) is 4.74 Å². The molecule has 1 unspecified atom stereocenters. The highest BCUT2D eigenvalue weighted by Gasteiger charge is 2.30. The number of amides is 2. The summed E-state index contributed by atoms with van der Waals surface area (Å²) >= 11 is 0. The summed E-state index contributed by atoms with van der Waals surface area (Å²) in [6, 6.07) is 0.0314. The van der Waals surface area contributed by atoms with Crippen molar-refractivity contribution in [3.63, 3.8) is 0 Å². The molecular formula is C16H28N4O2. The number of urea groups is 1. The van der Waals surface area contributed by atoms with Gasteiger partial charge in [-0.15, -0.1) is 0 Å². The third-order valence-electron chi connectivity index (χ3n) is 4.18. The lowest BCUT2D eigenvalue weighted by Gasteiger charge is -2.18. The minimum Gasteiger partial charge on any atom is -0.385 e. The van der Waals surface area contributed by atoms with Crippen LogP contribution >= 0.6 is 0 Å². The van der Waals surface area contributed by atoms with E-state index in [1.54, 1.807) is 7.11 Å². The van der Waals surface area contributed by atoms with Crippen molar-refractivity contribution in [3.8, 4) is 0 Å². The van der Waals surface area contributed by atoms with Crippen LogP contribution in [0.2, 0.25) is 0 Å². The van der Waals surface area contributed by atoms with Crippen LogP contribution in [0.5, 0.6) is 0 Å². The Hall–Kier alpha value is -1.56. The molecule has 0 bridgehead atoms. The number of ether oxygens (including phenoxy) is 1. The van der Waals surface area contributed by atoms with Gasteiger partial charge in [-0.25, -0.2) is 9.78 Å². The molecule has 1 atom stereocenters. The van der Waals surface area contributed by atoms with Crippen molar-refractivity contribution in [1.82, 2.24) is 19.8 Å². The van der Waals surface area contributed by atoms with Crippen LogP contribution in [0.15, 0.2) is 6.20 Å². The number of hydrogen-bond acceptors (Lipinski definition) is 3. The van der Waals surface area contributed by atoms with Crippen molar-refractivity contribution in [3.05, 3.63) is 17.7 Å². The molecule has 1 aromatic heterocycles. The van der Waals surface area contributed by atoms with Crippen LogP contribution in [0.3, 0.4) is 0 Å². The molecule has 0 aromatic carbocycles. The number of methoxy groups -OCH3 is 1. The van der Waals surface area contributed by atoms with Gasteiger partial charge in [0.15, 0.2) is 0 Å². The van der Waals surface area contributed by atoms with E-state index in [0.29, 0.717) is 19.1 Å². The highest BCUT2D eigenvalue weighted by molar-refractivity contribution is 5.74. The van der Waals surface area contributed by atoms with Gasteiger partial charge in [0, 0.05) is 57.7 Å². The zero-order valence-electron chi connectivity index (χ0n) is 14.0. The molecule has 1 fully saturated rings. The van der Waals surface area contributed by atoms with Gasteiger partial charge in [-0.3, -0.25) is 0 Å². The monoisotopic (exact) mass is 308 g/mol. The first-order chi connectivity index (χ1) is 10.7. The first kappa shape index (κ1) is 16.8. The normalized spacial score (nSPS) is 18.0. The highest BCUT2D eigenvalue weighted by Crippen LogP contribution is 2.27. The summed E-state index contributed by atoms with van der Waals surface area (Å²) in [6.45, 7) is 8.18. The van der Waals surface area contributed by atoms with E-state index in [0.717, 1.165) is 44.7 Å². The average molecular weight is 308 g/mol. The predicted molar refractivity (Wildman–Crippen MR) is 86.1 cm³/mol. The first-order valence-corrected chi connectivity index (χ1v) is 8.21. The number of rotatable bonds is 7. The number of aromatic nitrogens is 2. The van der Waals surface area contributed by atoms with Crippen LogP contribution in [0.4, 0.5) is 4.79 Å².